The Morgan fingerprint density at radius 1 is 1.15 bits per heavy atom. The molecule has 0 bridgehead atoms. The molecule has 1 heterocycles. The fourth-order valence-corrected chi connectivity index (χ4v) is 3.37. The van der Waals surface area contributed by atoms with Crippen molar-refractivity contribution in [3.8, 4) is 5.75 Å². The zero-order valence-electron chi connectivity index (χ0n) is 15.9. The fourth-order valence-electron chi connectivity index (χ4n) is 2.99. The van der Waals surface area contributed by atoms with Crippen molar-refractivity contribution in [1.29, 1.82) is 0 Å². The van der Waals surface area contributed by atoms with Gasteiger partial charge in [-0.25, -0.2) is 0 Å². The molecule has 0 radical (unpaired) electrons. The topological polar surface area (TPSA) is 21.7 Å². The number of hydrogen-bond acceptors (Lipinski definition) is 3. The first-order valence-electron chi connectivity index (χ1n) is 9.29. The summed E-state index contributed by atoms with van der Waals surface area (Å²) in [6, 6.07) is 14.6. The molecule has 0 saturated heterocycles. The molecule has 1 fully saturated rings. The SMILES string of the molecule is CC1CC1.COc1cccc(C2OCCN(C)Cc3ccc(Br)cc32)c1. The summed E-state index contributed by atoms with van der Waals surface area (Å²) in [4.78, 5) is 2.29. The summed E-state index contributed by atoms with van der Waals surface area (Å²) in [5.41, 5.74) is 3.65. The van der Waals surface area contributed by atoms with E-state index in [2.05, 4.69) is 65.1 Å². The van der Waals surface area contributed by atoms with Crippen LogP contribution in [0.5, 0.6) is 5.75 Å². The molecule has 2 aromatic rings. The zero-order chi connectivity index (χ0) is 18.5. The van der Waals surface area contributed by atoms with Crippen LogP contribution in [0.2, 0.25) is 0 Å². The molecule has 140 valence electrons. The molecule has 0 spiro atoms. The van der Waals surface area contributed by atoms with Crippen molar-refractivity contribution in [2.24, 2.45) is 5.92 Å². The van der Waals surface area contributed by atoms with Crippen LogP contribution in [0.4, 0.5) is 0 Å². The maximum absolute atomic E-state index is 6.20. The van der Waals surface area contributed by atoms with E-state index in [-0.39, 0.29) is 6.10 Å². The molecule has 3 nitrogen and oxygen atoms in total. The molecule has 1 aliphatic carbocycles. The van der Waals surface area contributed by atoms with Crippen LogP contribution in [0, 0.1) is 5.92 Å². The van der Waals surface area contributed by atoms with E-state index in [1.165, 1.54) is 24.0 Å². The molecule has 0 amide bonds. The smallest absolute Gasteiger partial charge is 0.119 e. The largest absolute Gasteiger partial charge is 0.497 e. The molecule has 1 unspecified atom stereocenters. The highest BCUT2D eigenvalue weighted by atomic mass is 79.9. The molecule has 1 saturated carbocycles. The van der Waals surface area contributed by atoms with Gasteiger partial charge in [0.15, 0.2) is 0 Å². The molecule has 0 aromatic heterocycles. The average Bonchev–Trinajstić information content (AvgIpc) is 3.42. The third kappa shape index (κ3) is 5.32. The van der Waals surface area contributed by atoms with Crippen LogP contribution >= 0.6 is 15.9 Å². The van der Waals surface area contributed by atoms with E-state index in [1.807, 2.05) is 12.1 Å². The molecule has 26 heavy (non-hydrogen) atoms. The van der Waals surface area contributed by atoms with Crippen molar-refractivity contribution in [3.63, 3.8) is 0 Å². The highest BCUT2D eigenvalue weighted by Gasteiger charge is 2.22. The molecule has 4 heteroatoms. The van der Waals surface area contributed by atoms with Gasteiger partial charge in [0.1, 0.15) is 11.9 Å². The third-order valence-electron chi connectivity index (χ3n) is 4.85. The number of benzene rings is 2. The number of rotatable bonds is 2. The minimum absolute atomic E-state index is 0.0590. The maximum atomic E-state index is 6.20. The molecule has 0 N–H and O–H groups in total. The van der Waals surface area contributed by atoms with E-state index >= 15 is 0 Å². The lowest BCUT2D eigenvalue weighted by molar-refractivity contribution is 0.0552. The van der Waals surface area contributed by atoms with E-state index in [1.54, 1.807) is 7.11 Å². The molecule has 1 atom stereocenters. The Bertz CT molecular complexity index is 730. The Labute approximate surface area is 165 Å². The lowest BCUT2D eigenvalue weighted by Crippen LogP contribution is -2.27. The number of likely N-dealkylation sites (N-methyl/N-ethyl adjacent to an activating group) is 1. The summed E-state index contributed by atoms with van der Waals surface area (Å²) >= 11 is 3.58. The Morgan fingerprint density at radius 2 is 1.92 bits per heavy atom. The van der Waals surface area contributed by atoms with Crippen molar-refractivity contribution in [1.82, 2.24) is 4.90 Å². The second-order valence-corrected chi connectivity index (χ2v) is 8.21. The number of halogens is 1. The van der Waals surface area contributed by atoms with E-state index in [4.69, 9.17) is 9.47 Å². The summed E-state index contributed by atoms with van der Waals surface area (Å²) in [5.74, 6) is 1.94. The van der Waals surface area contributed by atoms with E-state index < -0.39 is 0 Å². The second kappa shape index (κ2) is 9.03. The van der Waals surface area contributed by atoms with Crippen LogP contribution in [0.3, 0.4) is 0 Å². The van der Waals surface area contributed by atoms with Crippen LogP contribution in [-0.2, 0) is 11.3 Å². The predicted molar refractivity (Wildman–Crippen MR) is 110 cm³/mol. The van der Waals surface area contributed by atoms with Gasteiger partial charge in [-0.1, -0.05) is 53.9 Å². The van der Waals surface area contributed by atoms with Gasteiger partial charge in [-0.15, -0.1) is 0 Å². The number of nitrogens with zero attached hydrogens (tertiary/aromatic N) is 1. The fraction of sp³-hybridized carbons (Fsp3) is 0.455. The van der Waals surface area contributed by atoms with Crippen LogP contribution in [0.1, 0.15) is 42.6 Å². The van der Waals surface area contributed by atoms with Crippen molar-refractivity contribution in [2.75, 3.05) is 27.3 Å². The van der Waals surface area contributed by atoms with E-state index in [9.17, 15) is 0 Å². The Balaban J connectivity index is 0.000000433. The Kier molecular flexibility index (Phi) is 6.74. The number of hydrogen-bond donors (Lipinski definition) is 0. The van der Waals surface area contributed by atoms with Gasteiger partial charge in [-0.2, -0.15) is 0 Å². The summed E-state index contributed by atoms with van der Waals surface area (Å²) in [7, 11) is 3.82. The molecule has 4 rings (SSSR count). The van der Waals surface area contributed by atoms with Gasteiger partial charge in [0.2, 0.25) is 0 Å². The highest BCUT2D eigenvalue weighted by Crippen LogP contribution is 2.34. The summed E-state index contributed by atoms with van der Waals surface area (Å²) < 4.78 is 12.6. The van der Waals surface area contributed by atoms with E-state index in [0.717, 1.165) is 34.8 Å². The second-order valence-electron chi connectivity index (χ2n) is 7.29. The van der Waals surface area contributed by atoms with Crippen molar-refractivity contribution < 1.29 is 9.47 Å². The predicted octanol–water partition coefficient (Wildman–Crippen LogP) is 5.43. The van der Waals surface area contributed by atoms with Crippen molar-refractivity contribution in [3.05, 3.63) is 63.6 Å². The molecular formula is C22H28BrNO2. The minimum Gasteiger partial charge on any atom is -0.497 e. The number of ether oxygens (including phenoxy) is 2. The van der Waals surface area contributed by atoms with Crippen molar-refractivity contribution in [2.45, 2.75) is 32.4 Å². The average molecular weight is 418 g/mol. The molecule has 2 aromatic carbocycles. The summed E-state index contributed by atoms with van der Waals surface area (Å²) in [6.45, 7) is 4.85. The standard InChI is InChI=1S/C18H20BrNO2.C4H8/c1-20-8-9-22-18(13-4-3-5-16(10-13)21-2)17-11-15(19)7-6-14(17)12-20;1-4-2-3-4/h3-7,10-11,18H,8-9,12H2,1-2H3;4H,2-3H2,1H3. The molecule has 2 aliphatic rings. The van der Waals surface area contributed by atoms with Crippen molar-refractivity contribution >= 4 is 15.9 Å². The Morgan fingerprint density at radius 3 is 2.62 bits per heavy atom. The van der Waals surface area contributed by atoms with Gasteiger partial charge in [-0.05, 0) is 53.9 Å². The van der Waals surface area contributed by atoms with Gasteiger partial charge >= 0.3 is 0 Å². The van der Waals surface area contributed by atoms with Gasteiger partial charge in [0.25, 0.3) is 0 Å². The van der Waals surface area contributed by atoms with Crippen LogP contribution in [-0.4, -0.2) is 32.2 Å². The first-order chi connectivity index (χ1) is 12.6. The highest BCUT2D eigenvalue weighted by molar-refractivity contribution is 9.10. The summed E-state index contributed by atoms with van der Waals surface area (Å²) in [6.07, 6.45) is 2.91. The zero-order valence-corrected chi connectivity index (χ0v) is 17.5. The molecular weight excluding hydrogens is 390 g/mol. The van der Waals surface area contributed by atoms with Crippen LogP contribution < -0.4 is 4.74 Å². The van der Waals surface area contributed by atoms with Crippen LogP contribution in [0.25, 0.3) is 0 Å². The monoisotopic (exact) mass is 417 g/mol. The van der Waals surface area contributed by atoms with E-state index in [0.29, 0.717) is 6.61 Å². The normalized spacial score (nSPS) is 20.2. The quantitative estimate of drug-likeness (QED) is 0.650. The summed E-state index contributed by atoms with van der Waals surface area (Å²) in [5, 5.41) is 0. The molecule has 1 aliphatic heterocycles. The van der Waals surface area contributed by atoms with Gasteiger partial charge < -0.3 is 9.47 Å². The maximum Gasteiger partial charge on any atom is 0.119 e. The van der Waals surface area contributed by atoms with Gasteiger partial charge in [0.05, 0.1) is 13.7 Å². The third-order valence-corrected chi connectivity index (χ3v) is 5.34. The van der Waals surface area contributed by atoms with Gasteiger partial charge in [-0.3, -0.25) is 4.90 Å². The number of methoxy groups -OCH3 is 1. The minimum atomic E-state index is -0.0590. The first-order valence-corrected chi connectivity index (χ1v) is 10.1. The van der Waals surface area contributed by atoms with Crippen LogP contribution in [0.15, 0.2) is 46.9 Å². The Hall–Kier alpha value is -1.36. The first kappa shape index (κ1) is 19.4. The lowest BCUT2D eigenvalue weighted by Gasteiger charge is -2.28. The number of fused-ring (bicyclic) bond motifs is 1. The lowest BCUT2D eigenvalue weighted by atomic mass is 9.95. The van der Waals surface area contributed by atoms with Gasteiger partial charge in [0, 0.05) is 17.6 Å².